The quantitative estimate of drug-likeness (QED) is 0.721. The fraction of sp³-hybridized carbons (Fsp3) is 0.417. The van der Waals surface area contributed by atoms with Gasteiger partial charge >= 0.3 is 0 Å². The predicted octanol–water partition coefficient (Wildman–Crippen LogP) is 2.23. The third-order valence-electron chi connectivity index (χ3n) is 2.89. The third-order valence-corrected chi connectivity index (χ3v) is 2.89. The largest absolute Gasteiger partial charge is 0.387 e. The number of nitrogens with zero attached hydrogens (tertiary/aromatic N) is 1. The summed E-state index contributed by atoms with van der Waals surface area (Å²) in [4.78, 5) is 4.36. The van der Waals surface area contributed by atoms with Crippen LogP contribution in [-0.4, -0.2) is 11.9 Å². The molecule has 2 rings (SSSR count). The highest BCUT2D eigenvalue weighted by Gasteiger charge is 2.25. The lowest BCUT2D eigenvalue weighted by atomic mass is 9.91. The summed E-state index contributed by atoms with van der Waals surface area (Å²) in [5.74, 6) is 1.28. The summed E-state index contributed by atoms with van der Waals surface area (Å²) in [5.41, 5.74) is 8.39. The molecule has 1 aromatic carbocycles. The van der Waals surface area contributed by atoms with Crippen molar-refractivity contribution in [1.29, 1.82) is 0 Å². The summed E-state index contributed by atoms with van der Waals surface area (Å²) in [6.45, 7) is 4.23. The van der Waals surface area contributed by atoms with Crippen LogP contribution in [0.4, 0.5) is 0 Å². The minimum atomic E-state index is 0.331. The van der Waals surface area contributed by atoms with Gasteiger partial charge in [0.05, 0.1) is 11.9 Å². The molecule has 0 saturated carbocycles. The van der Waals surface area contributed by atoms with Gasteiger partial charge in [-0.15, -0.1) is 0 Å². The van der Waals surface area contributed by atoms with Crippen molar-refractivity contribution in [2.75, 3.05) is 0 Å². The van der Waals surface area contributed by atoms with Gasteiger partial charge < -0.3 is 5.73 Å². The molecule has 1 aromatic rings. The van der Waals surface area contributed by atoms with Crippen LogP contribution < -0.4 is 5.73 Å². The molecule has 0 radical (unpaired) electrons. The van der Waals surface area contributed by atoms with Crippen molar-refractivity contribution >= 4 is 5.84 Å². The summed E-state index contributed by atoms with van der Waals surface area (Å²) in [7, 11) is 0. The molecule has 0 spiro atoms. The topological polar surface area (TPSA) is 38.4 Å². The summed E-state index contributed by atoms with van der Waals surface area (Å²) in [5, 5.41) is 0. The van der Waals surface area contributed by atoms with Crippen LogP contribution in [0.2, 0.25) is 0 Å². The van der Waals surface area contributed by atoms with Gasteiger partial charge in [-0.1, -0.05) is 29.8 Å². The lowest BCUT2D eigenvalue weighted by molar-refractivity contribution is 0.628. The Kier molecular flexibility index (Phi) is 2.28. The Labute approximate surface area is 84.9 Å². The minimum Gasteiger partial charge on any atom is -0.387 e. The van der Waals surface area contributed by atoms with E-state index in [1.54, 1.807) is 0 Å². The first-order chi connectivity index (χ1) is 6.66. The zero-order valence-corrected chi connectivity index (χ0v) is 8.70. The van der Waals surface area contributed by atoms with Gasteiger partial charge in [0.15, 0.2) is 0 Å². The molecule has 74 valence electrons. The van der Waals surface area contributed by atoms with Crippen LogP contribution in [0.3, 0.4) is 0 Å². The number of amidine groups is 1. The van der Waals surface area contributed by atoms with Gasteiger partial charge in [0.2, 0.25) is 0 Å². The SMILES string of the molecule is Cc1ccc(C2CC(N)=NC2C)cc1. The molecule has 2 heteroatoms. The molecule has 1 heterocycles. The first-order valence-electron chi connectivity index (χ1n) is 5.05. The molecule has 1 aliphatic heterocycles. The fourth-order valence-electron chi connectivity index (χ4n) is 2.01. The van der Waals surface area contributed by atoms with E-state index < -0.39 is 0 Å². The van der Waals surface area contributed by atoms with Gasteiger partial charge in [-0.05, 0) is 19.4 Å². The summed E-state index contributed by atoms with van der Waals surface area (Å²) >= 11 is 0. The molecule has 0 saturated heterocycles. The highest BCUT2D eigenvalue weighted by molar-refractivity contribution is 5.83. The van der Waals surface area contributed by atoms with Crippen LogP contribution in [-0.2, 0) is 0 Å². The van der Waals surface area contributed by atoms with Gasteiger partial charge in [-0.25, -0.2) is 0 Å². The van der Waals surface area contributed by atoms with Crippen molar-refractivity contribution in [3.63, 3.8) is 0 Å². The number of benzene rings is 1. The third kappa shape index (κ3) is 1.65. The molecular weight excluding hydrogens is 172 g/mol. The standard InChI is InChI=1S/C12H16N2/c1-8-3-5-10(6-4-8)11-7-12(13)14-9(11)2/h3-6,9,11H,7H2,1-2H3,(H2,13,14). The molecule has 1 aliphatic rings. The molecule has 0 fully saturated rings. The van der Waals surface area contributed by atoms with Gasteiger partial charge in [0, 0.05) is 12.3 Å². The molecule has 2 nitrogen and oxygen atoms in total. The Bertz CT molecular complexity index is 351. The summed E-state index contributed by atoms with van der Waals surface area (Å²) < 4.78 is 0. The van der Waals surface area contributed by atoms with Crippen LogP contribution in [0.25, 0.3) is 0 Å². The number of aryl methyl sites for hydroxylation is 1. The molecule has 2 atom stereocenters. The highest BCUT2D eigenvalue weighted by Crippen LogP contribution is 2.30. The highest BCUT2D eigenvalue weighted by atomic mass is 14.9. The number of rotatable bonds is 1. The van der Waals surface area contributed by atoms with Crippen molar-refractivity contribution < 1.29 is 0 Å². The fourth-order valence-corrected chi connectivity index (χ4v) is 2.01. The van der Waals surface area contributed by atoms with Crippen molar-refractivity contribution in [2.45, 2.75) is 32.2 Å². The Hall–Kier alpha value is -1.31. The number of hydrogen-bond donors (Lipinski definition) is 1. The van der Waals surface area contributed by atoms with Gasteiger partial charge in [0.1, 0.15) is 0 Å². The monoisotopic (exact) mass is 188 g/mol. The Morgan fingerprint density at radius 2 is 1.93 bits per heavy atom. The van der Waals surface area contributed by atoms with E-state index in [4.69, 9.17) is 5.73 Å². The molecule has 2 unspecified atom stereocenters. The average molecular weight is 188 g/mol. The lowest BCUT2D eigenvalue weighted by Crippen LogP contribution is -2.10. The summed E-state index contributed by atoms with van der Waals surface area (Å²) in [6.07, 6.45) is 0.907. The Balaban J connectivity index is 2.21. The van der Waals surface area contributed by atoms with Crippen molar-refractivity contribution in [3.8, 4) is 0 Å². The molecule has 0 aromatic heterocycles. The van der Waals surface area contributed by atoms with Gasteiger partial charge in [-0.2, -0.15) is 0 Å². The van der Waals surface area contributed by atoms with Crippen LogP contribution in [0, 0.1) is 6.92 Å². The molecule has 0 amide bonds. The van der Waals surface area contributed by atoms with E-state index in [0.717, 1.165) is 12.3 Å². The average Bonchev–Trinajstić information content (AvgIpc) is 2.47. The maximum absolute atomic E-state index is 5.73. The van der Waals surface area contributed by atoms with Crippen LogP contribution >= 0.6 is 0 Å². The van der Waals surface area contributed by atoms with E-state index in [9.17, 15) is 0 Å². The molecule has 0 bridgehead atoms. The Morgan fingerprint density at radius 1 is 1.29 bits per heavy atom. The van der Waals surface area contributed by atoms with Crippen LogP contribution in [0.1, 0.15) is 30.4 Å². The predicted molar refractivity (Wildman–Crippen MR) is 59.6 cm³/mol. The molecule has 2 N–H and O–H groups in total. The second-order valence-electron chi connectivity index (χ2n) is 4.08. The number of hydrogen-bond acceptors (Lipinski definition) is 2. The molecule has 14 heavy (non-hydrogen) atoms. The maximum atomic E-state index is 5.73. The first-order valence-corrected chi connectivity index (χ1v) is 5.05. The minimum absolute atomic E-state index is 0.331. The van der Waals surface area contributed by atoms with Crippen molar-refractivity contribution in [3.05, 3.63) is 35.4 Å². The van der Waals surface area contributed by atoms with Crippen molar-refractivity contribution in [1.82, 2.24) is 0 Å². The van der Waals surface area contributed by atoms with Gasteiger partial charge in [-0.3, -0.25) is 4.99 Å². The Morgan fingerprint density at radius 3 is 2.43 bits per heavy atom. The van der Waals surface area contributed by atoms with Crippen LogP contribution in [0.15, 0.2) is 29.3 Å². The maximum Gasteiger partial charge on any atom is 0.0947 e. The van der Waals surface area contributed by atoms with Crippen molar-refractivity contribution in [2.24, 2.45) is 10.7 Å². The van der Waals surface area contributed by atoms with E-state index in [1.165, 1.54) is 11.1 Å². The normalized spacial score (nSPS) is 26.3. The van der Waals surface area contributed by atoms with E-state index in [1.807, 2.05) is 0 Å². The second-order valence-corrected chi connectivity index (χ2v) is 4.08. The smallest absolute Gasteiger partial charge is 0.0947 e. The molecule has 0 aliphatic carbocycles. The van der Waals surface area contributed by atoms with E-state index in [0.29, 0.717) is 12.0 Å². The van der Waals surface area contributed by atoms with Crippen LogP contribution in [0.5, 0.6) is 0 Å². The number of nitrogens with two attached hydrogens (primary N) is 1. The lowest BCUT2D eigenvalue weighted by Gasteiger charge is -2.14. The zero-order valence-electron chi connectivity index (χ0n) is 8.70. The van der Waals surface area contributed by atoms with E-state index >= 15 is 0 Å². The van der Waals surface area contributed by atoms with Gasteiger partial charge in [0.25, 0.3) is 0 Å². The number of aliphatic imine (C=N–C) groups is 1. The van der Waals surface area contributed by atoms with E-state index in [2.05, 4.69) is 43.1 Å². The zero-order chi connectivity index (χ0) is 10.1. The van der Waals surface area contributed by atoms with E-state index in [-0.39, 0.29) is 0 Å². The summed E-state index contributed by atoms with van der Waals surface area (Å²) in [6, 6.07) is 9.00. The first kappa shape index (κ1) is 9.25. The second kappa shape index (κ2) is 3.45. The molecular formula is C12H16N2.